The molecule has 25 heavy (non-hydrogen) atoms. The van der Waals surface area contributed by atoms with Crippen LogP contribution in [0, 0.1) is 0 Å². The number of benzene rings is 1. The SMILES string of the molecule is CN1CCN(CCc2cccc(NS(=O)(=O)c3ccccn3)c2)CC1. The molecule has 1 saturated heterocycles. The Morgan fingerprint density at radius 2 is 1.88 bits per heavy atom. The van der Waals surface area contributed by atoms with Crippen molar-refractivity contribution in [1.29, 1.82) is 0 Å². The maximum absolute atomic E-state index is 12.4. The first kappa shape index (κ1) is 17.8. The fourth-order valence-electron chi connectivity index (χ4n) is 2.86. The molecule has 0 bridgehead atoms. The van der Waals surface area contributed by atoms with Gasteiger partial charge < -0.3 is 9.80 Å². The van der Waals surface area contributed by atoms with Crippen LogP contribution >= 0.6 is 0 Å². The van der Waals surface area contributed by atoms with Crippen LogP contribution in [0.15, 0.2) is 53.7 Å². The zero-order valence-corrected chi connectivity index (χ0v) is 15.2. The minimum atomic E-state index is -3.65. The molecule has 7 heteroatoms. The van der Waals surface area contributed by atoms with Gasteiger partial charge in [0.15, 0.2) is 5.03 Å². The minimum absolute atomic E-state index is 0.0258. The average Bonchev–Trinajstić information content (AvgIpc) is 2.62. The van der Waals surface area contributed by atoms with Gasteiger partial charge in [0.25, 0.3) is 10.0 Å². The van der Waals surface area contributed by atoms with Crippen LogP contribution in [0.2, 0.25) is 0 Å². The first-order valence-electron chi connectivity index (χ1n) is 8.47. The van der Waals surface area contributed by atoms with Crippen molar-refractivity contribution in [3.63, 3.8) is 0 Å². The lowest BCUT2D eigenvalue weighted by Crippen LogP contribution is -2.45. The van der Waals surface area contributed by atoms with Gasteiger partial charge >= 0.3 is 0 Å². The van der Waals surface area contributed by atoms with E-state index < -0.39 is 10.0 Å². The Morgan fingerprint density at radius 3 is 2.60 bits per heavy atom. The number of nitrogens with zero attached hydrogens (tertiary/aromatic N) is 3. The van der Waals surface area contributed by atoms with Gasteiger partial charge in [-0.3, -0.25) is 4.72 Å². The maximum Gasteiger partial charge on any atom is 0.279 e. The topological polar surface area (TPSA) is 65.5 Å². The molecule has 0 amide bonds. The predicted octanol–water partition coefficient (Wildman–Crippen LogP) is 1.67. The van der Waals surface area contributed by atoms with Gasteiger partial charge in [-0.05, 0) is 43.3 Å². The van der Waals surface area contributed by atoms with E-state index in [1.54, 1.807) is 18.2 Å². The van der Waals surface area contributed by atoms with Gasteiger partial charge in [0.05, 0.1) is 0 Å². The normalized spacial score (nSPS) is 16.7. The van der Waals surface area contributed by atoms with Crippen LogP contribution in [0.5, 0.6) is 0 Å². The van der Waals surface area contributed by atoms with Crippen LogP contribution in [0.3, 0.4) is 0 Å². The van der Waals surface area contributed by atoms with Crippen LogP contribution in [0.1, 0.15) is 5.56 Å². The zero-order valence-electron chi connectivity index (χ0n) is 14.4. The molecule has 0 atom stereocenters. The second kappa shape index (κ2) is 7.95. The van der Waals surface area contributed by atoms with E-state index >= 15 is 0 Å². The summed E-state index contributed by atoms with van der Waals surface area (Å²) >= 11 is 0. The van der Waals surface area contributed by atoms with Crippen LogP contribution < -0.4 is 4.72 Å². The first-order chi connectivity index (χ1) is 12.0. The Balaban J connectivity index is 1.62. The number of anilines is 1. The number of likely N-dealkylation sites (N-methyl/N-ethyl adjacent to an activating group) is 1. The number of pyridine rings is 1. The molecule has 0 radical (unpaired) electrons. The molecule has 2 aromatic rings. The van der Waals surface area contributed by atoms with E-state index in [0.717, 1.165) is 44.7 Å². The summed E-state index contributed by atoms with van der Waals surface area (Å²) in [6.07, 6.45) is 2.38. The highest BCUT2D eigenvalue weighted by Gasteiger charge is 2.16. The molecule has 0 aliphatic carbocycles. The van der Waals surface area contributed by atoms with Gasteiger partial charge in [-0.15, -0.1) is 0 Å². The highest BCUT2D eigenvalue weighted by Crippen LogP contribution is 2.16. The molecule has 2 heterocycles. The van der Waals surface area contributed by atoms with E-state index in [1.807, 2.05) is 18.2 Å². The van der Waals surface area contributed by atoms with Gasteiger partial charge in [-0.2, -0.15) is 8.42 Å². The van der Waals surface area contributed by atoms with E-state index in [-0.39, 0.29) is 5.03 Å². The number of hydrogen-bond acceptors (Lipinski definition) is 5. The number of hydrogen-bond donors (Lipinski definition) is 1. The number of piperazine rings is 1. The molecule has 1 aromatic carbocycles. The summed E-state index contributed by atoms with van der Waals surface area (Å²) in [5.41, 5.74) is 1.70. The summed E-state index contributed by atoms with van der Waals surface area (Å²) in [6, 6.07) is 12.4. The summed E-state index contributed by atoms with van der Waals surface area (Å²) in [5.74, 6) is 0. The van der Waals surface area contributed by atoms with E-state index in [0.29, 0.717) is 5.69 Å². The lowest BCUT2D eigenvalue weighted by Gasteiger charge is -2.32. The smallest absolute Gasteiger partial charge is 0.279 e. The van der Waals surface area contributed by atoms with E-state index in [9.17, 15) is 8.42 Å². The van der Waals surface area contributed by atoms with Gasteiger partial charge in [-0.25, -0.2) is 4.98 Å². The van der Waals surface area contributed by atoms with Crippen molar-refractivity contribution in [1.82, 2.24) is 14.8 Å². The third kappa shape index (κ3) is 5.01. The number of sulfonamides is 1. The molecule has 1 fully saturated rings. The second-order valence-corrected chi connectivity index (χ2v) is 8.00. The second-order valence-electron chi connectivity index (χ2n) is 6.37. The summed E-state index contributed by atoms with van der Waals surface area (Å²) in [5, 5.41) is 0.0258. The third-order valence-corrected chi connectivity index (χ3v) is 5.70. The van der Waals surface area contributed by atoms with E-state index in [4.69, 9.17) is 0 Å². The van der Waals surface area contributed by atoms with Crippen LogP contribution in [0.25, 0.3) is 0 Å². The molecule has 0 unspecified atom stereocenters. The van der Waals surface area contributed by atoms with E-state index in [2.05, 4.69) is 26.6 Å². The molecule has 1 aliphatic heterocycles. The molecule has 134 valence electrons. The Kier molecular flexibility index (Phi) is 5.67. The Morgan fingerprint density at radius 1 is 1.08 bits per heavy atom. The average molecular weight is 360 g/mol. The highest BCUT2D eigenvalue weighted by atomic mass is 32.2. The van der Waals surface area contributed by atoms with E-state index in [1.165, 1.54) is 12.3 Å². The van der Waals surface area contributed by atoms with Crippen molar-refractivity contribution in [2.24, 2.45) is 0 Å². The quantitative estimate of drug-likeness (QED) is 0.849. The maximum atomic E-state index is 12.4. The molecule has 1 aliphatic rings. The van der Waals surface area contributed by atoms with Gasteiger partial charge in [0.2, 0.25) is 0 Å². The van der Waals surface area contributed by atoms with Crippen molar-refractivity contribution in [2.75, 3.05) is 44.5 Å². The van der Waals surface area contributed by atoms with Crippen LogP contribution in [-0.2, 0) is 16.4 Å². The van der Waals surface area contributed by atoms with Crippen LogP contribution in [-0.4, -0.2) is 63.0 Å². The Bertz CT molecular complexity index is 788. The third-order valence-electron chi connectivity index (χ3n) is 4.40. The number of nitrogens with one attached hydrogen (secondary N) is 1. The van der Waals surface area contributed by atoms with Crippen molar-refractivity contribution in [3.8, 4) is 0 Å². The molecular formula is C18H24N4O2S. The molecule has 3 rings (SSSR count). The molecule has 1 aromatic heterocycles. The molecule has 6 nitrogen and oxygen atoms in total. The summed E-state index contributed by atoms with van der Waals surface area (Å²) in [4.78, 5) is 8.70. The Labute approximate surface area is 149 Å². The van der Waals surface area contributed by atoms with Crippen LogP contribution in [0.4, 0.5) is 5.69 Å². The summed E-state index contributed by atoms with van der Waals surface area (Å²) in [7, 11) is -1.50. The first-order valence-corrected chi connectivity index (χ1v) is 9.95. The van der Waals surface area contributed by atoms with Crippen molar-refractivity contribution in [2.45, 2.75) is 11.4 Å². The van der Waals surface area contributed by atoms with Crippen molar-refractivity contribution < 1.29 is 8.42 Å². The molecular weight excluding hydrogens is 336 g/mol. The lowest BCUT2D eigenvalue weighted by atomic mass is 10.1. The fourth-order valence-corrected chi connectivity index (χ4v) is 3.86. The summed E-state index contributed by atoms with van der Waals surface area (Å²) in [6.45, 7) is 5.36. The van der Waals surface area contributed by atoms with Gasteiger partial charge in [-0.1, -0.05) is 18.2 Å². The predicted molar refractivity (Wildman–Crippen MR) is 99.1 cm³/mol. The number of rotatable bonds is 6. The largest absolute Gasteiger partial charge is 0.304 e. The highest BCUT2D eigenvalue weighted by molar-refractivity contribution is 7.92. The van der Waals surface area contributed by atoms with Crippen molar-refractivity contribution >= 4 is 15.7 Å². The van der Waals surface area contributed by atoms with Gasteiger partial charge in [0.1, 0.15) is 0 Å². The fraction of sp³-hybridized carbons (Fsp3) is 0.389. The number of aromatic nitrogens is 1. The molecule has 1 N–H and O–H groups in total. The molecule has 0 spiro atoms. The monoisotopic (exact) mass is 360 g/mol. The summed E-state index contributed by atoms with van der Waals surface area (Å²) < 4.78 is 27.3. The lowest BCUT2D eigenvalue weighted by molar-refractivity contribution is 0.155. The minimum Gasteiger partial charge on any atom is -0.304 e. The Hall–Kier alpha value is -1.96. The van der Waals surface area contributed by atoms with Crippen molar-refractivity contribution in [3.05, 3.63) is 54.2 Å². The van der Waals surface area contributed by atoms with Gasteiger partial charge in [0, 0.05) is 44.6 Å². The molecule has 0 saturated carbocycles. The zero-order chi connectivity index (χ0) is 17.7. The standard InChI is InChI=1S/C18H24N4O2S/c1-21-11-13-22(14-12-21)10-8-16-5-4-6-17(15-16)20-25(23,24)18-7-2-3-9-19-18/h2-7,9,15,20H,8,10-14H2,1H3.